The van der Waals surface area contributed by atoms with Crippen LogP contribution in [-0.2, 0) is 22.4 Å². The molecule has 1 fully saturated rings. The van der Waals surface area contributed by atoms with Crippen molar-refractivity contribution in [3.8, 4) is 0 Å². The number of aryl methyl sites for hydroxylation is 1. The standard InChI is InChI=1S/C19H29N3O3S/c1-21(2)19(24)17-13-15-12-14(4-5-16(15)26-17)18(23)20-6-3-7-22-8-10-25-11-9-22/h13-14H,3-12H2,1-2H3,(H,20,23). The Morgan fingerprint density at radius 2 is 2.12 bits per heavy atom. The monoisotopic (exact) mass is 379 g/mol. The normalized spacial score (nSPS) is 20.5. The summed E-state index contributed by atoms with van der Waals surface area (Å²) in [5.41, 5.74) is 1.18. The van der Waals surface area contributed by atoms with Crippen molar-refractivity contribution in [3.63, 3.8) is 0 Å². The molecule has 2 amide bonds. The number of hydrogen-bond donors (Lipinski definition) is 1. The largest absolute Gasteiger partial charge is 0.379 e. The summed E-state index contributed by atoms with van der Waals surface area (Å²) in [5.74, 6) is 0.237. The zero-order valence-electron chi connectivity index (χ0n) is 15.8. The van der Waals surface area contributed by atoms with Crippen molar-refractivity contribution in [2.75, 3.05) is 53.5 Å². The van der Waals surface area contributed by atoms with Gasteiger partial charge in [0.15, 0.2) is 0 Å². The molecule has 0 radical (unpaired) electrons. The van der Waals surface area contributed by atoms with Gasteiger partial charge in [0.05, 0.1) is 18.1 Å². The Bertz CT molecular complexity index is 638. The van der Waals surface area contributed by atoms with Gasteiger partial charge in [0.1, 0.15) is 0 Å². The molecule has 0 saturated carbocycles. The molecule has 1 aliphatic carbocycles. The summed E-state index contributed by atoms with van der Waals surface area (Å²) < 4.78 is 5.35. The SMILES string of the molecule is CN(C)C(=O)c1cc2c(s1)CCC(C(=O)NCCCN1CCOCC1)C2. The Kier molecular flexibility index (Phi) is 6.67. The second-order valence-electron chi connectivity index (χ2n) is 7.30. The fourth-order valence-electron chi connectivity index (χ4n) is 3.56. The van der Waals surface area contributed by atoms with Crippen molar-refractivity contribution in [2.45, 2.75) is 25.7 Å². The Hall–Kier alpha value is -1.44. The maximum absolute atomic E-state index is 12.5. The van der Waals surface area contributed by atoms with Crippen LogP contribution in [0.2, 0.25) is 0 Å². The van der Waals surface area contributed by atoms with Crippen LogP contribution in [0.1, 0.15) is 33.0 Å². The van der Waals surface area contributed by atoms with Gasteiger partial charge in [-0.25, -0.2) is 0 Å². The van der Waals surface area contributed by atoms with Gasteiger partial charge in [-0.1, -0.05) is 0 Å². The van der Waals surface area contributed by atoms with E-state index >= 15 is 0 Å². The van der Waals surface area contributed by atoms with Gasteiger partial charge in [-0.2, -0.15) is 0 Å². The van der Waals surface area contributed by atoms with Gasteiger partial charge in [-0.05, 0) is 43.9 Å². The molecule has 1 aromatic heterocycles. The lowest BCUT2D eigenvalue weighted by Gasteiger charge is -2.26. The minimum atomic E-state index is 0.0304. The summed E-state index contributed by atoms with van der Waals surface area (Å²) in [4.78, 5) is 30.7. The smallest absolute Gasteiger partial charge is 0.263 e. The number of nitrogens with one attached hydrogen (secondary N) is 1. The van der Waals surface area contributed by atoms with Crippen LogP contribution in [0, 0.1) is 5.92 Å². The predicted octanol–water partition coefficient (Wildman–Crippen LogP) is 1.39. The lowest BCUT2D eigenvalue weighted by molar-refractivity contribution is -0.125. The molecule has 1 aromatic rings. The molecule has 1 N–H and O–H groups in total. The maximum atomic E-state index is 12.5. The highest BCUT2D eigenvalue weighted by Crippen LogP contribution is 2.32. The first-order chi connectivity index (χ1) is 12.5. The molecular weight excluding hydrogens is 350 g/mol. The molecule has 1 atom stereocenters. The van der Waals surface area contributed by atoms with E-state index in [1.807, 2.05) is 6.07 Å². The van der Waals surface area contributed by atoms with Crippen LogP contribution in [-0.4, -0.2) is 75.1 Å². The molecule has 0 aromatic carbocycles. The van der Waals surface area contributed by atoms with E-state index in [0.717, 1.165) is 70.0 Å². The number of morpholine rings is 1. The van der Waals surface area contributed by atoms with E-state index < -0.39 is 0 Å². The third-order valence-corrected chi connectivity index (χ3v) is 6.35. The summed E-state index contributed by atoms with van der Waals surface area (Å²) >= 11 is 1.58. The van der Waals surface area contributed by atoms with Crippen molar-refractivity contribution in [1.29, 1.82) is 0 Å². The number of carbonyl (C=O) groups is 2. The number of fused-ring (bicyclic) bond motifs is 1. The van der Waals surface area contributed by atoms with E-state index in [0.29, 0.717) is 0 Å². The third kappa shape index (κ3) is 4.84. The van der Waals surface area contributed by atoms with Crippen molar-refractivity contribution in [3.05, 3.63) is 21.4 Å². The zero-order chi connectivity index (χ0) is 18.5. The first-order valence-corrected chi connectivity index (χ1v) is 10.3. The highest BCUT2D eigenvalue weighted by molar-refractivity contribution is 7.14. The average Bonchev–Trinajstić information content (AvgIpc) is 3.08. The number of nitrogens with zero attached hydrogens (tertiary/aromatic N) is 2. The van der Waals surface area contributed by atoms with E-state index in [1.54, 1.807) is 30.3 Å². The van der Waals surface area contributed by atoms with E-state index in [1.165, 1.54) is 10.4 Å². The van der Waals surface area contributed by atoms with Gasteiger partial charge in [-0.3, -0.25) is 14.5 Å². The average molecular weight is 380 g/mol. The zero-order valence-corrected chi connectivity index (χ0v) is 16.6. The van der Waals surface area contributed by atoms with Gasteiger partial charge in [-0.15, -0.1) is 11.3 Å². The van der Waals surface area contributed by atoms with Crippen molar-refractivity contribution in [2.24, 2.45) is 5.92 Å². The molecule has 7 heteroatoms. The van der Waals surface area contributed by atoms with Crippen LogP contribution >= 0.6 is 11.3 Å². The molecule has 1 unspecified atom stereocenters. The van der Waals surface area contributed by atoms with Gasteiger partial charge in [0.2, 0.25) is 5.91 Å². The van der Waals surface area contributed by atoms with Crippen LogP contribution in [0.25, 0.3) is 0 Å². The van der Waals surface area contributed by atoms with E-state index in [4.69, 9.17) is 4.74 Å². The summed E-state index contributed by atoms with van der Waals surface area (Å²) in [6.45, 7) is 5.36. The van der Waals surface area contributed by atoms with Crippen LogP contribution in [0.15, 0.2) is 6.07 Å². The molecule has 6 nitrogen and oxygen atoms in total. The highest BCUT2D eigenvalue weighted by Gasteiger charge is 2.27. The minimum absolute atomic E-state index is 0.0304. The molecule has 3 rings (SSSR count). The predicted molar refractivity (Wildman–Crippen MR) is 103 cm³/mol. The Morgan fingerprint density at radius 1 is 1.35 bits per heavy atom. The van der Waals surface area contributed by atoms with Crippen LogP contribution < -0.4 is 5.32 Å². The molecule has 26 heavy (non-hydrogen) atoms. The molecular formula is C19H29N3O3S. The molecule has 1 saturated heterocycles. The summed E-state index contributed by atoms with van der Waals surface area (Å²) in [7, 11) is 3.54. The van der Waals surface area contributed by atoms with E-state index in [2.05, 4.69) is 10.2 Å². The Morgan fingerprint density at radius 3 is 2.85 bits per heavy atom. The number of ether oxygens (including phenoxy) is 1. The lowest BCUT2D eigenvalue weighted by Crippen LogP contribution is -2.39. The van der Waals surface area contributed by atoms with Gasteiger partial charge < -0.3 is 15.0 Å². The minimum Gasteiger partial charge on any atom is -0.379 e. The van der Waals surface area contributed by atoms with Crippen LogP contribution in [0.5, 0.6) is 0 Å². The number of hydrogen-bond acceptors (Lipinski definition) is 5. The van der Waals surface area contributed by atoms with E-state index in [-0.39, 0.29) is 17.7 Å². The molecule has 1 aliphatic heterocycles. The fraction of sp³-hybridized carbons (Fsp3) is 0.684. The molecule has 2 heterocycles. The number of rotatable bonds is 6. The van der Waals surface area contributed by atoms with Crippen molar-refractivity contribution >= 4 is 23.2 Å². The molecule has 0 bridgehead atoms. The molecule has 144 valence electrons. The third-order valence-electron chi connectivity index (χ3n) is 5.12. The van der Waals surface area contributed by atoms with Crippen LogP contribution in [0.4, 0.5) is 0 Å². The maximum Gasteiger partial charge on any atom is 0.263 e. The number of carbonyl (C=O) groups excluding carboxylic acids is 2. The van der Waals surface area contributed by atoms with Gasteiger partial charge in [0.25, 0.3) is 5.91 Å². The summed E-state index contributed by atoms with van der Waals surface area (Å²) in [5, 5.41) is 3.10. The Balaban J connectivity index is 1.44. The fourth-order valence-corrected chi connectivity index (χ4v) is 4.79. The van der Waals surface area contributed by atoms with Crippen molar-refractivity contribution < 1.29 is 14.3 Å². The van der Waals surface area contributed by atoms with Crippen LogP contribution in [0.3, 0.4) is 0 Å². The van der Waals surface area contributed by atoms with E-state index in [9.17, 15) is 9.59 Å². The lowest BCUT2D eigenvalue weighted by atomic mass is 9.87. The Labute approximate surface area is 159 Å². The van der Waals surface area contributed by atoms with Gasteiger partial charge >= 0.3 is 0 Å². The number of amides is 2. The second-order valence-corrected chi connectivity index (χ2v) is 8.43. The number of thiophene rings is 1. The van der Waals surface area contributed by atoms with Crippen molar-refractivity contribution in [1.82, 2.24) is 15.1 Å². The molecule has 0 spiro atoms. The van der Waals surface area contributed by atoms with Gasteiger partial charge in [0, 0.05) is 44.5 Å². The summed E-state index contributed by atoms with van der Waals surface area (Å²) in [6, 6.07) is 1.99. The molecule has 2 aliphatic rings. The first kappa shape index (κ1) is 19.3. The quantitative estimate of drug-likeness (QED) is 0.759. The highest BCUT2D eigenvalue weighted by atomic mass is 32.1. The topological polar surface area (TPSA) is 61.9 Å². The first-order valence-electron chi connectivity index (χ1n) is 9.45. The second kappa shape index (κ2) is 8.97. The summed E-state index contributed by atoms with van der Waals surface area (Å²) in [6.07, 6.45) is 3.50.